The Labute approximate surface area is 212 Å². The van der Waals surface area contributed by atoms with Gasteiger partial charge in [-0.1, -0.05) is 29.8 Å². The number of halogens is 3. The number of nitrogens with one attached hydrogen (secondary N) is 1. The predicted molar refractivity (Wildman–Crippen MR) is 134 cm³/mol. The number of hydrogen-bond donors (Lipinski definition) is 1. The van der Waals surface area contributed by atoms with Gasteiger partial charge in [-0.25, -0.2) is 22.2 Å². The Morgan fingerprint density at radius 2 is 1.97 bits per heavy atom. The van der Waals surface area contributed by atoms with Gasteiger partial charge in [0.2, 0.25) is 0 Å². The Balaban J connectivity index is 1.58. The molecule has 0 radical (unpaired) electrons. The fourth-order valence-electron chi connectivity index (χ4n) is 4.22. The number of aromatic nitrogens is 1. The SMILES string of the molecule is CN(C)[C@@H]1CCC=C(c2ccc(F)cc2)C1COc1cc(F)c(S(=O)(=O)Nc2cscn2)cc1Cl. The topological polar surface area (TPSA) is 71.5 Å². The van der Waals surface area contributed by atoms with Gasteiger partial charge in [0.25, 0.3) is 10.0 Å². The van der Waals surface area contributed by atoms with Crippen LogP contribution < -0.4 is 9.46 Å². The summed E-state index contributed by atoms with van der Waals surface area (Å²) >= 11 is 7.51. The summed E-state index contributed by atoms with van der Waals surface area (Å²) in [7, 11) is -0.266. The van der Waals surface area contributed by atoms with Crippen molar-refractivity contribution in [1.82, 2.24) is 9.88 Å². The zero-order valence-electron chi connectivity index (χ0n) is 19.0. The molecule has 1 unspecified atom stereocenters. The molecule has 1 aliphatic carbocycles. The summed E-state index contributed by atoms with van der Waals surface area (Å²) in [6, 6.07) is 8.43. The lowest BCUT2D eigenvalue weighted by Gasteiger charge is -2.37. The first-order valence-corrected chi connectivity index (χ1v) is 13.6. The van der Waals surface area contributed by atoms with Crippen LogP contribution in [0.25, 0.3) is 5.57 Å². The van der Waals surface area contributed by atoms with Gasteiger partial charge in [0, 0.05) is 23.4 Å². The fourth-order valence-corrected chi connectivity index (χ4v) is 6.15. The van der Waals surface area contributed by atoms with Crippen molar-refractivity contribution in [2.45, 2.75) is 23.8 Å². The minimum absolute atomic E-state index is 0.0328. The van der Waals surface area contributed by atoms with Crippen molar-refractivity contribution >= 4 is 44.4 Å². The molecule has 4 rings (SSSR count). The number of nitrogens with zero attached hydrogens (tertiary/aromatic N) is 2. The van der Waals surface area contributed by atoms with Gasteiger partial charge in [0.15, 0.2) is 5.82 Å². The summed E-state index contributed by atoms with van der Waals surface area (Å²) in [4.78, 5) is 5.36. The molecule has 186 valence electrons. The number of allylic oxidation sites excluding steroid dienone is 1. The molecular weight excluding hydrogens is 516 g/mol. The summed E-state index contributed by atoms with van der Waals surface area (Å²) in [5.74, 6) is -1.27. The van der Waals surface area contributed by atoms with E-state index in [0.717, 1.165) is 36.1 Å². The van der Waals surface area contributed by atoms with Crippen molar-refractivity contribution in [3.8, 4) is 5.75 Å². The lowest BCUT2D eigenvalue weighted by atomic mass is 9.80. The molecule has 1 aliphatic rings. The monoisotopic (exact) mass is 539 g/mol. The van der Waals surface area contributed by atoms with Crippen molar-refractivity contribution in [2.24, 2.45) is 5.92 Å². The Kier molecular flexibility index (Phi) is 7.75. The summed E-state index contributed by atoms with van der Waals surface area (Å²) in [5, 5.41) is 1.46. The molecule has 1 aromatic heterocycles. The minimum atomic E-state index is -4.22. The maximum atomic E-state index is 14.9. The van der Waals surface area contributed by atoms with Gasteiger partial charge in [-0.3, -0.25) is 4.72 Å². The van der Waals surface area contributed by atoms with E-state index in [1.165, 1.54) is 34.4 Å². The smallest absolute Gasteiger partial charge is 0.266 e. The highest BCUT2D eigenvalue weighted by Gasteiger charge is 2.31. The Morgan fingerprint density at radius 3 is 2.63 bits per heavy atom. The van der Waals surface area contributed by atoms with E-state index < -0.39 is 20.7 Å². The predicted octanol–water partition coefficient (Wildman–Crippen LogP) is 5.68. The second-order valence-corrected chi connectivity index (χ2v) is 11.2. The van der Waals surface area contributed by atoms with E-state index in [1.54, 1.807) is 12.1 Å². The lowest BCUT2D eigenvalue weighted by Crippen LogP contribution is -2.40. The standard InChI is InChI=1S/C24H24ClF2N3O3S2/c1-30(2)21-5-3-4-17(15-6-8-16(26)9-7-15)18(21)12-33-22-11-20(27)23(10-19(22)25)35(31,32)29-24-13-34-14-28-24/h4,6-11,13-14,18,21,29H,3,5,12H2,1-2H3/t18?,21-/m1/s1. The maximum absolute atomic E-state index is 14.9. The number of rotatable bonds is 8. The van der Waals surface area contributed by atoms with Crippen LogP contribution in [-0.2, 0) is 10.0 Å². The third-order valence-electron chi connectivity index (χ3n) is 5.90. The molecule has 1 heterocycles. The molecule has 6 nitrogen and oxygen atoms in total. The summed E-state index contributed by atoms with van der Waals surface area (Å²) in [6.07, 6.45) is 3.87. The van der Waals surface area contributed by atoms with Gasteiger partial charge in [-0.05, 0) is 56.3 Å². The van der Waals surface area contributed by atoms with E-state index in [1.807, 2.05) is 14.1 Å². The zero-order chi connectivity index (χ0) is 25.2. The quantitative estimate of drug-likeness (QED) is 0.399. The van der Waals surface area contributed by atoms with Gasteiger partial charge in [0.1, 0.15) is 22.3 Å². The van der Waals surface area contributed by atoms with Gasteiger partial charge in [-0.2, -0.15) is 0 Å². The molecule has 0 amide bonds. The maximum Gasteiger partial charge on any atom is 0.266 e. The molecule has 0 bridgehead atoms. The summed E-state index contributed by atoms with van der Waals surface area (Å²) in [5.41, 5.74) is 3.36. The van der Waals surface area contributed by atoms with E-state index in [-0.39, 0.29) is 41.0 Å². The number of hydrogen-bond acceptors (Lipinski definition) is 6. The average molecular weight is 540 g/mol. The zero-order valence-corrected chi connectivity index (χ0v) is 21.4. The molecule has 2 atom stereocenters. The van der Waals surface area contributed by atoms with E-state index >= 15 is 0 Å². The molecular formula is C24H24ClF2N3O3S2. The van der Waals surface area contributed by atoms with E-state index in [4.69, 9.17) is 16.3 Å². The van der Waals surface area contributed by atoms with Gasteiger partial charge in [-0.15, -0.1) is 11.3 Å². The highest BCUT2D eigenvalue weighted by atomic mass is 35.5. The Hall–Kier alpha value is -2.53. The number of anilines is 1. The van der Waals surface area contributed by atoms with Crippen LogP contribution in [0.3, 0.4) is 0 Å². The molecule has 0 saturated heterocycles. The average Bonchev–Trinajstić information content (AvgIpc) is 3.32. The van der Waals surface area contributed by atoms with Crippen LogP contribution in [0.4, 0.5) is 14.6 Å². The second kappa shape index (κ2) is 10.6. The fraction of sp³-hybridized carbons (Fsp3) is 0.292. The van der Waals surface area contributed by atoms with E-state index in [0.29, 0.717) is 0 Å². The van der Waals surface area contributed by atoms with Crippen molar-refractivity contribution in [2.75, 3.05) is 25.4 Å². The largest absolute Gasteiger partial charge is 0.491 e. The molecule has 1 N–H and O–H groups in total. The third kappa shape index (κ3) is 5.83. The number of benzene rings is 2. The van der Waals surface area contributed by atoms with Gasteiger partial charge < -0.3 is 9.64 Å². The molecule has 35 heavy (non-hydrogen) atoms. The summed E-state index contributed by atoms with van der Waals surface area (Å²) < 4.78 is 61.7. The highest BCUT2D eigenvalue weighted by Crippen LogP contribution is 2.37. The highest BCUT2D eigenvalue weighted by molar-refractivity contribution is 7.92. The summed E-state index contributed by atoms with van der Waals surface area (Å²) in [6.45, 7) is 0.175. The molecule has 11 heteroatoms. The van der Waals surface area contributed by atoms with Crippen LogP contribution in [-0.4, -0.2) is 45.0 Å². The van der Waals surface area contributed by atoms with Crippen molar-refractivity contribution in [3.63, 3.8) is 0 Å². The van der Waals surface area contributed by atoms with Crippen LogP contribution in [0, 0.1) is 17.6 Å². The molecule has 0 aliphatic heterocycles. The lowest BCUT2D eigenvalue weighted by molar-refractivity contribution is 0.168. The van der Waals surface area contributed by atoms with Crippen molar-refractivity contribution in [3.05, 3.63) is 75.6 Å². The molecule has 0 fully saturated rings. The molecule has 3 aromatic rings. The molecule has 2 aromatic carbocycles. The van der Waals surface area contributed by atoms with E-state index in [2.05, 4.69) is 20.7 Å². The third-order valence-corrected chi connectivity index (χ3v) is 8.15. The van der Waals surface area contributed by atoms with Crippen molar-refractivity contribution < 1.29 is 21.9 Å². The van der Waals surface area contributed by atoms with Crippen LogP contribution in [0.1, 0.15) is 18.4 Å². The van der Waals surface area contributed by atoms with Crippen LogP contribution in [0.15, 0.2) is 58.3 Å². The van der Waals surface area contributed by atoms with Crippen molar-refractivity contribution in [1.29, 1.82) is 0 Å². The number of ether oxygens (including phenoxy) is 1. The molecule has 0 saturated carbocycles. The first-order valence-electron chi connectivity index (χ1n) is 10.8. The van der Waals surface area contributed by atoms with E-state index in [9.17, 15) is 17.2 Å². The van der Waals surface area contributed by atoms with Gasteiger partial charge >= 0.3 is 0 Å². The first kappa shape index (κ1) is 25.6. The van der Waals surface area contributed by atoms with Crippen LogP contribution >= 0.6 is 22.9 Å². The second-order valence-electron chi connectivity index (χ2n) is 8.38. The van der Waals surface area contributed by atoms with Crippen LogP contribution in [0.5, 0.6) is 5.75 Å². The minimum Gasteiger partial charge on any atom is -0.491 e. The first-order chi connectivity index (χ1) is 16.7. The Morgan fingerprint density at radius 1 is 1.23 bits per heavy atom. The number of thiazole rings is 1. The number of sulfonamides is 1. The normalized spacial score (nSPS) is 18.4. The van der Waals surface area contributed by atoms with Crippen LogP contribution in [0.2, 0.25) is 5.02 Å². The van der Waals surface area contributed by atoms with Gasteiger partial charge in [0.05, 0.1) is 17.1 Å². The molecule has 0 spiro atoms. The Bertz CT molecular complexity index is 1310.